The van der Waals surface area contributed by atoms with Gasteiger partial charge < -0.3 is 5.32 Å². The van der Waals surface area contributed by atoms with E-state index in [1.807, 2.05) is 41.9 Å². The van der Waals surface area contributed by atoms with Crippen LogP contribution in [0.3, 0.4) is 0 Å². The van der Waals surface area contributed by atoms with Gasteiger partial charge in [0, 0.05) is 19.6 Å². The van der Waals surface area contributed by atoms with Crippen molar-refractivity contribution in [3.63, 3.8) is 0 Å². The van der Waals surface area contributed by atoms with Crippen LogP contribution < -0.4 is 5.32 Å². The zero-order valence-electron chi connectivity index (χ0n) is 14.1. The lowest BCUT2D eigenvalue weighted by molar-refractivity contribution is -0.126. The van der Waals surface area contributed by atoms with Crippen molar-refractivity contribution in [2.75, 3.05) is 13.1 Å². The van der Waals surface area contributed by atoms with E-state index in [0.29, 0.717) is 12.5 Å². The summed E-state index contributed by atoms with van der Waals surface area (Å²) in [5.74, 6) is 0.616. The second kappa shape index (κ2) is 8.06. The number of hydrogen-bond donors (Lipinski definition) is 1. The van der Waals surface area contributed by atoms with Crippen molar-refractivity contribution in [3.05, 3.63) is 48.5 Å². The number of hydrogen-bond acceptors (Lipinski definition) is 4. The maximum absolute atomic E-state index is 12.5. The van der Waals surface area contributed by atoms with Gasteiger partial charge in [0.25, 0.3) is 0 Å². The number of piperidine rings is 1. The lowest BCUT2D eigenvalue weighted by atomic mass is 9.96. The van der Waals surface area contributed by atoms with Crippen LogP contribution in [0, 0.1) is 5.92 Å². The van der Waals surface area contributed by atoms with Crippen LogP contribution in [0.4, 0.5) is 0 Å². The number of nitrogens with zero attached hydrogens (tertiary/aromatic N) is 4. The van der Waals surface area contributed by atoms with Crippen molar-refractivity contribution in [1.82, 2.24) is 25.0 Å². The minimum absolute atomic E-state index is 0.0975. The Labute approximate surface area is 142 Å². The van der Waals surface area contributed by atoms with Crippen LogP contribution >= 0.6 is 0 Å². The molecule has 1 aromatic carbocycles. The van der Waals surface area contributed by atoms with Crippen molar-refractivity contribution in [2.45, 2.75) is 38.9 Å². The van der Waals surface area contributed by atoms with Gasteiger partial charge in [0.1, 0.15) is 12.7 Å². The second-order valence-corrected chi connectivity index (χ2v) is 6.50. The highest BCUT2D eigenvalue weighted by molar-refractivity contribution is 5.81. The first-order valence-electron chi connectivity index (χ1n) is 8.60. The number of benzene rings is 1. The molecule has 0 saturated carbocycles. The summed E-state index contributed by atoms with van der Waals surface area (Å²) in [6.07, 6.45) is 5.62. The average Bonchev–Trinajstić information content (AvgIpc) is 3.13. The van der Waals surface area contributed by atoms with E-state index in [4.69, 9.17) is 0 Å². The van der Waals surface area contributed by atoms with Gasteiger partial charge in [-0.1, -0.05) is 30.3 Å². The Morgan fingerprint density at radius 1 is 1.38 bits per heavy atom. The topological polar surface area (TPSA) is 63.1 Å². The molecule has 1 fully saturated rings. The summed E-state index contributed by atoms with van der Waals surface area (Å²) >= 11 is 0. The summed E-state index contributed by atoms with van der Waals surface area (Å²) in [4.78, 5) is 18.7. The van der Waals surface area contributed by atoms with Crippen LogP contribution in [0.25, 0.3) is 0 Å². The minimum Gasteiger partial charge on any atom is -0.351 e. The molecule has 1 aromatic heterocycles. The number of amides is 1. The van der Waals surface area contributed by atoms with Crippen LogP contribution in [0.15, 0.2) is 43.0 Å². The molecule has 0 unspecified atom stereocenters. The molecular weight excluding hydrogens is 302 g/mol. The van der Waals surface area contributed by atoms with Crippen molar-refractivity contribution < 1.29 is 4.79 Å². The highest BCUT2D eigenvalue weighted by atomic mass is 16.2. The number of carbonyl (C=O) groups excluding carboxylic acids is 1. The van der Waals surface area contributed by atoms with Gasteiger partial charge in [-0.15, -0.1) is 0 Å². The molecule has 1 saturated heterocycles. The zero-order valence-corrected chi connectivity index (χ0v) is 14.1. The molecule has 6 nitrogen and oxygen atoms in total. The van der Waals surface area contributed by atoms with Gasteiger partial charge in [0.2, 0.25) is 5.91 Å². The smallest absolute Gasteiger partial charge is 0.237 e. The van der Waals surface area contributed by atoms with Gasteiger partial charge in [-0.05, 0) is 37.8 Å². The summed E-state index contributed by atoms with van der Waals surface area (Å²) in [5.41, 5.74) is 1.13. The lowest BCUT2D eigenvalue weighted by Gasteiger charge is -2.36. The fourth-order valence-electron chi connectivity index (χ4n) is 3.29. The van der Waals surface area contributed by atoms with Gasteiger partial charge in [-0.3, -0.25) is 14.4 Å². The first-order valence-corrected chi connectivity index (χ1v) is 8.60. The van der Waals surface area contributed by atoms with E-state index in [2.05, 4.69) is 20.3 Å². The number of carbonyl (C=O) groups is 1. The second-order valence-electron chi connectivity index (χ2n) is 6.50. The van der Waals surface area contributed by atoms with Crippen molar-refractivity contribution >= 4 is 5.91 Å². The molecular formula is C18H25N5O. The molecule has 0 bridgehead atoms. The van der Waals surface area contributed by atoms with E-state index in [1.54, 1.807) is 12.7 Å². The molecule has 6 heteroatoms. The van der Waals surface area contributed by atoms with E-state index in [0.717, 1.165) is 31.6 Å². The van der Waals surface area contributed by atoms with Crippen molar-refractivity contribution in [2.24, 2.45) is 5.92 Å². The van der Waals surface area contributed by atoms with Crippen LogP contribution in [0.1, 0.15) is 25.3 Å². The SMILES string of the molecule is C[C@@H](C(=O)NCc1ccccc1)N1CCC[C@@H](Cn2cncn2)C1. The summed E-state index contributed by atoms with van der Waals surface area (Å²) in [6.45, 7) is 5.36. The maximum Gasteiger partial charge on any atom is 0.237 e. The Hall–Kier alpha value is -2.21. The molecule has 2 heterocycles. The third-order valence-electron chi connectivity index (χ3n) is 4.70. The normalized spacial score (nSPS) is 19.8. The van der Waals surface area contributed by atoms with Crippen molar-refractivity contribution in [3.8, 4) is 0 Å². The Morgan fingerprint density at radius 2 is 2.21 bits per heavy atom. The molecule has 24 heavy (non-hydrogen) atoms. The molecule has 1 N–H and O–H groups in total. The molecule has 128 valence electrons. The monoisotopic (exact) mass is 327 g/mol. The predicted octanol–water partition coefficient (Wildman–Crippen LogP) is 1.69. The molecule has 2 aromatic rings. The molecule has 3 rings (SSSR count). The lowest BCUT2D eigenvalue weighted by Crippen LogP contribution is -2.49. The Morgan fingerprint density at radius 3 is 2.96 bits per heavy atom. The predicted molar refractivity (Wildman–Crippen MR) is 92.1 cm³/mol. The Bertz CT molecular complexity index is 628. The van der Waals surface area contributed by atoms with Gasteiger partial charge in [-0.25, -0.2) is 4.98 Å². The fraction of sp³-hybridized carbons (Fsp3) is 0.500. The van der Waals surface area contributed by atoms with Gasteiger partial charge >= 0.3 is 0 Å². The van der Waals surface area contributed by atoms with Crippen LogP contribution in [0.2, 0.25) is 0 Å². The molecule has 0 spiro atoms. The summed E-state index contributed by atoms with van der Waals surface area (Å²) in [7, 11) is 0. The first kappa shape index (κ1) is 16.6. The summed E-state index contributed by atoms with van der Waals surface area (Å²) < 4.78 is 1.88. The van der Waals surface area contributed by atoms with Crippen LogP contribution in [-0.2, 0) is 17.9 Å². The van der Waals surface area contributed by atoms with Crippen molar-refractivity contribution in [1.29, 1.82) is 0 Å². The first-order chi connectivity index (χ1) is 11.7. The van der Waals surface area contributed by atoms with Gasteiger partial charge in [0.15, 0.2) is 0 Å². The van der Waals surface area contributed by atoms with Crippen LogP contribution in [-0.4, -0.2) is 44.7 Å². The van der Waals surface area contributed by atoms with Gasteiger partial charge in [0.05, 0.1) is 6.04 Å². The number of likely N-dealkylation sites (tertiary alicyclic amines) is 1. The number of aromatic nitrogens is 3. The van der Waals surface area contributed by atoms with E-state index in [-0.39, 0.29) is 11.9 Å². The molecule has 1 aliphatic rings. The summed E-state index contributed by atoms with van der Waals surface area (Å²) in [6, 6.07) is 9.91. The summed E-state index contributed by atoms with van der Waals surface area (Å²) in [5, 5.41) is 7.23. The maximum atomic E-state index is 12.5. The minimum atomic E-state index is -0.104. The Kier molecular flexibility index (Phi) is 5.59. The molecule has 2 atom stereocenters. The zero-order chi connectivity index (χ0) is 16.8. The average molecular weight is 327 g/mol. The largest absolute Gasteiger partial charge is 0.351 e. The quantitative estimate of drug-likeness (QED) is 0.877. The highest BCUT2D eigenvalue weighted by Gasteiger charge is 2.27. The number of nitrogens with one attached hydrogen (secondary N) is 1. The van der Waals surface area contributed by atoms with Gasteiger partial charge in [-0.2, -0.15) is 5.10 Å². The van der Waals surface area contributed by atoms with E-state index in [1.165, 1.54) is 6.42 Å². The van der Waals surface area contributed by atoms with Crippen LogP contribution in [0.5, 0.6) is 0 Å². The fourth-order valence-corrected chi connectivity index (χ4v) is 3.29. The third kappa shape index (κ3) is 4.41. The standard InChI is InChI=1S/C18H25N5O/c1-15(18(24)20-10-16-6-3-2-4-7-16)22-9-5-8-17(11-22)12-23-14-19-13-21-23/h2-4,6-7,13-15,17H,5,8-12H2,1H3,(H,20,24)/t15-,17+/m0/s1. The Balaban J connectivity index is 1.49. The van der Waals surface area contributed by atoms with E-state index < -0.39 is 0 Å². The molecule has 1 aliphatic heterocycles. The molecule has 0 aliphatic carbocycles. The molecule has 1 amide bonds. The third-order valence-corrected chi connectivity index (χ3v) is 4.70. The number of rotatable bonds is 6. The molecule has 0 radical (unpaired) electrons. The van der Waals surface area contributed by atoms with E-state index >= 15 is 0 Å². The highest BCUT2D eigenvalue weighted by Crippen LogP contribution is 2.20. The van der Waals surface area contributed by atoms with E-state index in [9.17, 15) is 4.79 Å².